The predicted molar refractivity (Wildman–Crippen MR) is 126 cm³/mol. The van der Waals surface area contributed by atoms with Crippen molar-refractivity contribution in [2.24, 2.45) is 0 Å². The number of methoxy groups -OCH3 is 2. The third-order valence-corrected chi connectivity index (χ3v) is 6.05. The highest BCUT2D eigenvalue weighted by molar-refractivity contribution is 6.00. The van der Waals surface area contributed by atoms with Gasteiger partial charge in [-0.2, -0.15) is 0 Å². The molecule has 0 spiro atoms. The van der Waals surface area contributed by atoms with Crippen LogP contribution in [0.2, 0.25) is 0 Å². The number of carbonyl (C=O) groups is 1. The van der Waals surface area contributed by atoms with Crippen LogP contribution in [0.3, 0.4) is 0 Å². The van der Waals surface area contributed by atoms with Crippen LogP contribution < -0.4 is 9.47 Å². The monoisotopic (exact) mass is 446 g/mol. The normalized spacial score (nSPS) is 15.8. The van der Waals surface area contributed by atoms with E-state index in [1.807, 2.05) is 29.3 Å². The Morgan fingerprint density at radius 3 is 2.48 bits per heavy atom. The smallest absolute Gasteiger partial charge is 0.261 e. The largest absolute Gasteiger partial charge is 0.496 e. The van der Waals surface area contributed by atoms with E-state index in [1.54, 1.807) is 38.7 Å². The van der Waals surface area contributed by atoms with Gasteiger partial charge in [0.15, 0.2) is 0 Å². The van der Waals surface area contributed by atoms with Gasteiger partial charge >= 0.3 is 0 Å². The van der Waals surface area contributed by atoms with Crippen molar-refractivity contribution in [1.29, 1.82) is 0 Å². The lowest BCUT2D eigenvalue weighted by Gasteiger charge is -2.37. The second-order valence-electron chi connectivity index (χ2n) is 8.12. The Balaban J connectivity index is 1.81. The topological polar surface area (TPSA) is 77.4 Å². The van der Waals surface area contributed by atoms with Gasteiger partial charge in [-0.05, 0) is 55.5 Å². The standard InChI is InChI=1S/C26H30N4O3/c1-4-8-23-28-17-19(18-12-14-27-15-13-18)25(29-23)20-9-5-6-16-30(20)26(31)24-21(32-2)10-7-11-22(24)33-3/h7,10-15,17,20H,4-6,8-9,16H2,1-3H3/t20-/m0/s1. The van der Waals surface area contributed by atoms with E-state index in [4.69, 9.17) is 14.5 Å². The maximum atomic E-state index is 13.9. The van der Waals surface area contributed by atoms with Crippen LogP contribution in [0.1, 0.15) is 60.5 Å². The highest BCUT2D eigenvalue weighted by Gasteiger charge is 2.34. The Kier molecular flexibility index (Phi) is 7.17. The number of piperidine rings is 1. The second kappa shape index (κ2) is 10.4. The molecular formula is C26H30N4O3. The summed E-state index contributed by atoms with van der Waals surface area (Å²) < 4.78 is 11.0. The van der Waals surface area contributed by atoms with E-state index < -0.39 is 0 Å². The van der Waals surface area contributed by atoms with Crippen molar-refractivity contribution in [3.8, 4) is 22.6 Å². The van der Waals surface area contributed by atoms with Crippen LogP contribution in [0.15, 0.2) is 48.9 Å². The molecule has 7 nitrogen and oxygen atoms in total. The molecule has 172 valence electrons. The minimum atomic E-state index is -0.164. The Morgan fingerprint density at radius 1 is 1.09 bits per heavy atom. The molecular weight excluding hydrogens is 416 g/mol. The molecule has 3 heterocycles. The number of hydrogen-bond acceptors (Lipinski definition) is 6. The van der Waals surface area contributed by atoms with Crippen molar-refractivity contribution in [3.63, 3.8) is 0 Å². The first-order chi connectivity index (χ1) is 16.2. The van der Waals surface area contributed by atoms with Gasteiger partial charge < -0.3 is 14.4 Å². The minimum Gasteiger partial charge on any atom is -0.496 e. The van der Waals surface area contributed by atoms with Crippen LogP contribution in [-0.4, -0.2) is 46.5 Å². The van der Waals surface area contributed by atoms with E-state index in [2.05, 4.69) is 16.9 Å². The van der Waals surface area contributed by atoms with E-state index in [9.17, 15) is 4.79 Å². The second-order valence-corrected chi connectivity index (χ2v) is 8.12. The number of aromatic nitrogens is 3. The van der Waals surface area contributed by atoms with E-state index >= 15 is 0 Å². The fourth-order valence-corrected chi connectivity index (χ4v) is 4.45. The first kappa shape index (κ1) is 22.7. The molecule has 1 aromatic carbocycles. The van der Waals surface area contributed by atoms with Crippen molar-refractivity contribution >= 4 is 5.91 Å². The molecule has 1 atom stereocenters. The number of aryl methyl sites for hydroxylation is 1. The summed E-state index contributed by atoms with van der Waals surface area (Å²) >= 11 is 0. The molecule has 0 bridgehead atoms. The number of hydrogen-bond donors (Lipinski definition) is 0. The molecule has 1 aliphatic heterocycles. The zero-order valence-corrected chi connectivity index (χ0v) is 19.5. The summed E-state index contributed by atoms with van der Waals surface area (Å²) in [5.74, 6) is 1.71. The molecule has 7 heteroatoms. The third kappa shape index (κ3) is 4.67. The molecule has 0 saturated carbocycles. The van der Waals surface area contributed by atoms with Crippen LogP contribution in [0.5, 0.6) is 11.5 Å². The first-order valence-electron chi connectivity index (χ1n) is 11.5. The Hall–Kier alpha value is -3.48. The van der Waals surface area contributed by atoms with E-state index in [1.165, 1.54) is 0 Å². The van der Waals surface area contributed by atoms with E-state index in [-0.39, 0.29) is 11.9 Å². The summed E-state index contributed by atoms with van der Waals surface area (Å²) in [6, 6.07) is 9.16. The van der Waals surface area contributed by atoms with Gasteiger partial charge in [0, 0.05) is 37.1 Å². The predicted octanol–water partition coefficient (Wildman–Crippen LogP) is 4.88. The zero-order chi connectivity index (χ0) is 23.2. The molecule has 1 aliphatic rings. The number of rotatable bonds is 7. The van der Waals surface area contributed by atoms with Gasteiger partial charge in [0.05, 0.1) is 26.0 Å². The van der Waals surface area contributed by atoms with Crippen LogP contribution in [0.25, 0.3) is 11.1 Å². The Morgan fingerprint density at radius 2 is 1.82 bits per heavy atom. The minimum absolute atomic E-state index is 0.106. The molecule has 33 heavy (non-hydrogen) atoms. The van der Waals surface area contributed by atoms with E-state index in [0.29, 0.717) is 23.6 Å². The number of benzene rings is 1. The van der Waals surface area contributed by atoms with Gasteiger partial charge in [0.2, 0.25) is 0 Å². The van der Waals surface area contributed by atoms with E-state index in [0.717, 1.165) is 54.7 Å². The average Bonchev–Trinajstić information content (AvgIpc) is 2.88. The third-order valence-electron chi connectivity index (χ3n) is 6.05. The van der Waals surface area contributed by atoms with Gasteiger partial charge in [0.1, 0.15) is 22.9 Å². The maximum absolute atomic E-state index is 13.9. The molecule has 0 unspecified atom stereocenters. The number of amides is 1. The highest BCUT2D eigenvalue weighted by Crippen LogP contribution is 2.39. The van der Waals surface area contributed by atoms with Crippen molar-refractivity contribution in [3.05, 3.63) is 66.0 Å². The lowest BCUT2D eigenvalue weighted by molar-refractivity contribution is 0.0599. The number of pyridine rings is 1. The number of ether oxygens (including phenoxy) is 2. The first-order valence-corrected chi connectivity index (χ1v) is 11.5. The molecule has 0 aliphatic carbocycles. The Bertz CT molecular complexity index is 1080. The Labute approximate surface area is 194 Å². The lowest BCUT2D eigenvalue weighted by Crippen LogP contribution is -2.39. The van der Waals surface area contributed by atoms with Gasteiger partial charge in [-0.15, -0.1) is 0 Å². The van der Waals surface area contributed by atoms with Gasteiger partial charge in [0.25, 0.3) is 5.91 Å². The fourth-order valence-electron chi connectivity index (χ4n) is 4.45. The molecule has 2 aromatic heterocycles. The molecule has 3 aromatic rings. The van der Waals surface area contributed by atoms with Crippen LogP contribution in [-0.2, 0) is 6.42 Å². The zero-order valence-electron chi connectivity index (χ0n) is 19.5. The molecule has 0 radical (unpaired) electrons. The lowest BCUT2D eigenvalue weighted by atomic mass is 9.93. The summed E-state index contributed by atoms with van der Waals surface area (Å²) in [5, 5.41) is 0. The van der Waals surface area contributed by atoms with Crippen molar-refractivity contribution in [2.45, 2.75) is 45.1 Å². The van der Waals surface area contributed by atoms with Crippen molar-refractivity contribution in [2.75, 3.05) is 20.8 Å². The average molecular weight is 447 g/mol. The van der Waals surface area contributed by atoms with Crippen molar-refractivity contribution < 1.29 is 14.3 Å². The van der Waals surface area contributed by atoms with Crippen LogP contribution >= 0.6 is 0 Å². The molecule has 1 saturated heterocycles. The number of nitrogens with zero attached hydrogens (tertiary/aromatic N) is 4. The summed E-state index contributed by atoms with van der Waals surface area (Å²) in [5.41, 5.74) is 3.27. The maximum Gasteiger partial charge on any atom is 0.261 e. The summed E-state index contributed by atoms with van der Waals surface area (Å²) in [6.07, 6.45) is 9.99. The fraction of sp³-hybridized carbons (Fsp3) is 0.385. The molecule has 1 amide bonds. The quantitative estimate of drug-likeness (QED) is 0.515. The highest BCUT2D eigenvalue weighted by atomic mass is 16.5. The summed E-state index contributed by atoms with van der Waals surface area (Å²) in [7, 11) is 3.14. The molecule has 1 fully saturated rings. The number of carbonyl (C=O) groups excluding carboxylic acids is 1. The van der Waals surface area contributed by atoms with Gasteiger partial charge in [-0.25, -0.2) is 9.97 Å². The van der Waals surface area contributed by atoms with Crippen LogP contribution in [0, 0.1) is 0 Å². The van der Waals surface area contributed by atoms with Crippen molar-refractivity contribution in [1.82, 2.24) is 19.9 Å². The number of likely N-dealkylation sites (tertiary alicyclic amines) is 1. The van der Waals surface area contributed by atoms with Crippen LogP contribution in [0.4, 0.5) is 0 Å². The molecule has 0 N–H and O–H groups in total. The van der Waals surface area contributed by atoms with Gasteiger partial charge in [-0.3, -0.25) is 9.78 Å². The SMILES string of the molecule is CCCc1ncc(-c2ccncc2)c([C@@H]2CCCCN2C(=O)c2c(OC)cccc2OC)n1. The summed E-state index contributed by atoms with van der Waals surface area (Å²) in [4.78, 5) is 29.6. The van der Waals surface area contributed by atoms with Gasteiger partial charge in [-0.1, -0.05) is 13.0 Å². The molecule has 4 rings (SSSR count). The summed E-state index contributed by atoms with van der Waals surface area (Å²) in [6.45, 7) is 2.76.